The van der Waals surface area contributed by atoms with Gasteiger partial charge in [0.25, 0.3) is 0 Å². The van der Waals surface area contributed by atoms with E-state index in [4.69, 9.17) is 0 Å². The molecule has 0 N–H and O–H groups in total. The summed E-state index contributed by atoms with van der Waals surface area (Å²) in [7, 11) is 0. The second-order valence-corrected chi connectivity index (χ2v) is 6.99. The Balaban J connectivity index is 3.41. The molecular weight excluding hydrogens is 213 g/mol. The fraction of sp³-hybridized carbons (Fsp3) is 0.667. The normalized spacial score (nSPS) is 13.9. The maximum atomic E-state index is 13.0. The van der Waals surface area contributed by atoms with Gasteiger partial charge in [-0.15, -0.1) is 0 Å². The number of hydrogen-bond acceptors (Lipinski definition) is 1. The molecule has 0 radical (unpaired) electrons. The monoisotopic (exact) mass is 237 g/mol. The van der Waals surface area contributed by atoms with Crippen molar-refractivity contribution in [2.45, 2.75) is 53.9 Å². The zero-order valence-electron chi connectivity index (χ0n) is 12.1. The number of pyridine rings is 1. The second kappa shape index (κ2) is 4.08. The molecule has 0 atom stereocenters. The van der Waals surface area contributed by atoms with Crippen LogP contribution < -0.4 is 0 Å². The van der Waals surface area contributed by atoms with Crippen molar-refractivity contribution in [3.63, 3.8) is 0 Å². The summed E-state index contributed by atoms with van der Waals surface area (Å²) in [5, 5.41) is 0. The summed E-state index contributed by atoms with van der Waals surface area (Å²) in [5.41, 5.74) is 0.943. The highest BCUT2D eigenvalue weighted by Gasteiger charge is 2.48. The fourth-order valence-electron chi connectivity index (χ4n) is 2.57. The van der Waals surface area contributed by atoms with Crippen molar-refractivity contribution in [2.75, 3.05) is 0 Å². The minimum absolute atomic E-state index is 0.0517. The Morgan fingerprint density at radius 2 is 1.35 bits per heavy atom. The van der Waals surface area contributed by atoms with E-state index in [0.29, 0.717) is 0 Å². The lowest BCUT2D eigenvalue weighted by Gasteiger charge is -2.51. The average Bonchev–Trinajstić information content (AvgIpc) is 2.14. The van der Waals surface area contributed by atoms with Gasteiger partial charge in [0.1, 0.15) is 5.82 Å². The summed E-state index contributed by atoms with van der Waals surface area (Å²) in [6.45, 7) is 15.5. The molecule has 0 saturated heterocycles. The Hall–Kier alpha value is -0.920. The average molecular weight is 237 g/mol. The Labute approximate surface area is 104 Å². The first-order chi connectivity index (χ1) is 7.50. The molecule has 0 aliphatic rings. The molecule has 0 unspecified atom stereocenters. The van der Waals surface area contributed by atoms with Crippen LogP contribution in [0.3, 0.4) is 0 Å². The van der Waals surface area contributed by atoms with Crippen LogP contribution in [0.1, 0.15) is 54.2 Å². The summed E-state index contributed by atoms with van der Waals surface area (Å²) in [4.78, 5) is 4.31. The van der Waals surface area contributed by atoms with E-state index < -0.39 is 0 Å². The van der Waals surface area contributed by atoms with E-state index in [9.17, 15) is 4.39 Å². The topological polar surface area (TPSA) is 12.9 Å². The number of aromatic nitrogens is 1. The van der Waals surface area contributed by atoms with Gasteiger partial charge in [0.15, 0.2) is 0 Å². The molecule has 2 heteroatoms. The lowest BCUT2D eigenvalue weighted by molar-refractivity contribution is 0.0651. The van der Waals surface area contributed by atoms with E-state index in [2.05, 4.69) is 53.5 Å². The van der Waals surface area contributed by atoms with Crippen molar-refractivity contribution in [1.29, 1.82) is 0 Å². The van der Waals surface area contributed by atoms with E-state index >= 15 is 0 Å². The van der Waals surface area contributed by atoms with Crippen LogP contribution in [0.5, 0.6) is 0 Å². The van der Waals surface area contributed by atoms with Crippen molar-refractivity contribution in [2.24, 2.45) is 10.8 Å². The van der Waals surface area contributed by atoms with Gasteiger partial charge < -0.3 is 0 Å². The predicted octanol–water partition coefficient (Wildman–Crippen LogP) is 4.57. The summed E-state index contributed by atoms with van der Waals surface area (Å²) < 4.78 is 13.0. The zero-order valence-corrected chi connectivity index (χ0v) is 12.1. The molecule has 0 aliphatic carbocycles. The summed E-state index contributed by atoms with van der Waals surface area (Å²) in [6, 6.07) is 3.31. The van der Waals surface area contributed by atoms with Gasteiger partial charge in [-0.1, -0.05) is 48.5 Å². The van der Waals surface area contributed by atoms with E-state index in [1.807, 2.05) is 6.07 Å². The Bertz CT molecular complexity index is 365. The third kappa shape index (κ3) is 2.36. The van der Waals surface area contributed by atoms with Gasteiger partial charge in [0.2, 0.25) is 0 Å². The molecule has 1 heterocycles. The third-order valence-electron chi connectivity index (χ3n) is 4.24. The van der Waals surface area contributed by atoms with Crippen molar-refractivity contribution >= 4 is 0 Å². The van der Waals surface area contributed by atoms with E-state index in [-0.39, 0.29) is 22.1 Å². The van der Waals surface area contributed by atoms with Gasteiger partial charge >= 0.3 is 0 Å². The molecule has 0 fully saturated rings. The molecule has 0 bridgehead atoms. The highest BCUT2D eigenvalue weighted by atomic mass is 19.1. The van der Waals surface area contributed by atoms with Crippen LogP contribution in [0.15, 0.2) is 18.3 Å². The zero-order chi connectivity index (χ0) is 13.5. The molecule has 1 rings (SSSR count). The van der Waals surface area contributed by atoms with Gasteiger partial charge in [0.05, 0.1) is 6.20 Å². The van der Waals surface area contributed by atoms with E-state index in [1.54, 1.807) is 0 Å². The molecule has 0 aliphatic heterocycles. The quantitative estimate of drug-likeness (QED) is 0.697. The Morgan fingerprint density at radius 1 is 0.882 bits per heavy atom. The van der Waals surface area contributed by atoms with Crippen molar-refractivity contribution in [3.8, 4) is 0 Å². The highest BCUT2D eigenvalue weighted by molar-refractivity contribution is 5.23. The highest BCUT2D eigenvalue weighted by Crippen LogP contribution is 2.52. The van der Waals surface area contributed by atoms with Gasteiger partial charge in [-0.25, -0.2) is 4.39 Å². The van der Waals surface area contributed by atoms with Crippen molar-refractivity contribution in [1.82, 2.24) is 4.98 Å². The molecule has 0 saturated carbocycles. The van der Waals surface area contributed by atoms with Crippen LogP contribution in [-0.4, -0.2) is 4.98 Å². The molecule has 1 aromatic heterocycles. The van der Waals surface area contributed by atoms with Gasteiger partial charge in [-0.05, 0) is 23.0 Å². The maximum Gasteiger partial charge on any atom is 0.141 e. The molecule has 96 valence electrons. The molecule has 0 aromatic carbocycles. The molecule has 1 aromatic rings. The number of nitrogens with zero attached hydrogens (tertiary/aromatic N) is 1. The third-order valence-corrected chi connectivity index (χ3v) is 4.24. The molecule has 0 spiro atoms. The largest absolute Gasteiger partial charge is 0.258 e. The van der Waals surface area contributed by atoms with E-state index in [1.165, 1.54) is 12.3 Å². The lowest BCUT2D eigenvalue weighted by Crippen LogP contribution is -2.48. The first kappa shape index (κ1) is 14.1. The minimum Gasteiger partial charge on any atom is -0.258 e. The standard InChI is InChI=1S/C15H24FN/c1-13(2,3)15(7,14(4,5)6)12-9-8-11(16)10-17-12/h8-10H,1-7H3. The maximum absolute atomic E-state index is 13.0. The lowest BCUT2D eigenvalue weighted by atomic mass is 9.53. The van der Waals surface area contributed by atoms with Crippen molar-refractivity contribution < 1.29 is 4.39 Å². The Kier molecular flexibility index (Phi) is 3.39. The summed E-state index contributed by atoms with van der Waals surface area (Å²) >= 11 is 0. The molecule has 0 amide bonds. The smallest absolute Gasteiger partial charge is 0.141 e. The minimum atomic E-state index is -0.279. The van der Waals surface area contributed by atoms with E-state index in [0.717, 1.165) is 5.69 Å². The molecule has 17 heavy (non-hydrogen) atoms. The van der Waals surface area contributed by atoms with Crippen LogP contribution in [-0.2, 0) is 5.41 Å². The van der Waals surface area contributed by atoms with Crippen molar-refractivity contribution in [3.05, 3.63) is 29.8 Å². The van der Waals surface area contributed by atoms with Crippen LogP contribution >= 0.6 is 0 Å². The summed E-state index contributed by atoms with van der Waals surface area (Å²) in [5.74, 6) is -0.279. The number of halogens is 1. The number of rotatable bonds is 1. The predicted molar refractivity (Wildman–Crippen MR) is 70.5 cm³/mol. The SMILES string of the molecule is CC(C)(C)C(C)(c1ccc(F)cn1)C(C)(C)C. The Morgan fingerprint density at radius 3 is 1.65 bits per heavy atom. The number of hydrogen-bond donors (Lipinski definition) is 0. The fourth-order valence-corrected chi connectivity index (χ4v) is 2.57. The van der Waals surface area contributed by atoms with Gasteiger partial charge in [-0.2, -0.15) is 0 Å². The van der Waals surface area contributed by atoms with Crippen LogP contribution in [0.4, 0.5) is 4.39 Å². The molecule has 1 nitrogen and oxygen atoms in total. The van der Waals surface area contributed by atoms with Crippen LogP contribution in [0.25, 0.3) is 0 Å². The first-order valence-electron chi connectivity index (χ1n) is 6.12. The van der Waals surface area contributed by atoms with Gasteiger partial charge in [-0.3, -0.25) is 4.98 Å². The second-order valence-electron chi connectivity index (χ2n) is 6.99. The molecular formula is C15H24FN. The van der Waals surface area contributed by atoms with Crippen LogP contribution in [0, 0.1) is 16.6 Å². The van der Waals surface area contributed by atoms with Gasteiger partial charge in [0, 0.05) is 11.1 Å². The first-order valence-corrected chi connectivity index (χ1v) is 6.12. The summed E-state index contributed by atoms with van der Waals surface area (Å²) in [6.07, 6.45) is 1.31. The van der Waals surface area contributed by atoms with Crippen LogP contribution in [0.2, 0.25) is 0 Å².